The van der Waals surface area contributed by atoms with Crippen molar-refractivity contribution in [2.24, 2.45) is 0 Å². The standard InChI is InChI=1S/C23H53F3O3Si4/c1-19(2,20(3,4)30(9)27-21(5,6)31(10,11)12)28-33(16,18-17-23(24,25)26)22(7,8)29-32(13,14)15/h30H,17-18H2,1-16H3. The van der Waals surface area contributed by atoms with Crippen LogP contribution in [-0.4, -0.2) is 56.0 Å². The Hall–Kier alpha value is 0.538. The predicted molar refractivity (Wildman–Crippen MR) is 146 cm³/mol. The molecule has 0 fully saturated rings. The molecule has 0 saturated heterocycles. The summed E-state index contributed by atoms with van der Waals surface area (Å²) in [5, 5.41) is -1.26. The minimum absolute atomic E-state index is 0.0231. The lowest BCUT2D eigenvalue weighted by Crippen LogP contribution is -2.65. The van der Waals surface area contributed by atoms with Crippen LogP contribution in [0.3, 0.4) is 0 Å². The van der Waals surface area contributed by atoms with E-state index < -0.39 is 57.2 Å². The van der Waals surface area contributed by atoms with Crippen molar-refractivity contribution >= 4 is 33.7 Å². The molecule has 0 aromatic heterocycles. The van der Waals surface area contributed by atoms with Crippen molar-refractivity contribution in [2.45, 2.75) is 147 Å². The minimum atomic E-state index is -4.22. The zero-order chi connectivity index (χ0) is 27.1. The fourth-order valence-electron chi connectivity index (χ4n) is 3.68. The molecule has 0 radical (unpaired) electrons. The van der Waals surface area contributed by atoms with Gasteiger partial charge in [-0.05, 0) is 80.3 Å². The van der Waals surface area contributed by atoms with Gasteiger partial charge in [-0.25, -0.2) is 0 Å². The summed E-state index contributed by atoms with van der Waals surface area (Å²) in [5.41, 5.74) is -0.666. The first-order chi connectivity index (χ1) is 14.0. The van der Waals surface area contributed by atoms with Crippen LogP contribution in [0.1, 0.15) is 61.8 Å². The normalized spacial score (nSPS) is 18.3. The molecule has 0 aromatic rings. The number of alkyl halides is 3. The predicted octanol–water partition coefficient (Wildman–Crippen LogP) is 8.29. The first kappa shape index (κ1) is 33.5. The van der Waals surface area contributed by atoms with E-state index in [1.54, 1.807) is 0 Å². The number of rotatable bonds is 12. The summed E-state index contributed by atoms with van der Waals surface area (Å²) in [4.78, 5) is 0. The van der Waals surface area contributed by atoms with Crippen molar-refractivity contribution in [2.75, 3.05) is 0 Å². The highest BCUT2D eigenvalue weighted by Crippen LogP contribution is 2.49. The van der Waals surface area contributed by atoms with E-state index in [0.717, 1.165) is 0 Å². The molecule has 0 saturated carbocycles. The van der Waals surface area contributed by atoms with E-state index in [4.69, 9.17) is 13.3 Å². The van der Waals surface area contributed by atoms with Crippen molar-refractivity contribution < 1.29 is 26.4 Å². The molecule has 0 aliphatic carbocycles. The van der Waals surface area contributed by atoms with E-state index >= 15 is 0 Å². The molecule has 10 heteroatoms. The van der Waals surface area contributed by atoms with Crippen LogP contribution in [0.15, 0.2) is 0 Å². The summed E-state index contributed by atoms with van der Waals surface area (Å²) >= 11 is 0. The maximum atomic E-state index is 13.3. The molecule has 0 bridgehead atoms. The third kappa shape index (κ3) is 9.17. The van der Waals surface area contributed by atoms with Crippen LogP contribution in [0.4, 0.5) is 13.2 Å². The lowest BCUT2D eigenvalue weighted by molar-refractivity contribution is -0.132. The summed E-state index contributed by atoms with van der Waals surface area (Å²) in [6.45, 7) is 33.9. The third-order valence-electron chi connectivity index (χ3n) is 8.05. The second kappa shape index (κ2) is 10.1. The third-order valence-corrected chi connectivity index (χ3v) is 21.8. The SMILES string of the molecule is C[SiH](OC(C)(C)[Si](C)(C)C)C(C)(C)C(C)(C)O[Si](C)(CCC(F)(F)F)C(C)(C)O[Si](C)(C)C. The quantitative estimate of drug-likeness (QED) is 0.230. The molecule has 3 nitrogen and oxygen atoms in total. The molecular weight excluding hydrogens is 494 g/mol. The average molecular weight is 547 g/mol. The van der Waals surface area contributed by atoms with Gasteiger partial charge in [0.25, 0.3) is 0 Å². The Morgan fingerprint density at radius 3 is 1.45 bits per heavy atom. The lowest BCUT2D eigenvalue weighted by atomic mass is 9.94. The second-order valence-electron chi connectivity index (χ2n) is 13.9. The van der Waals surface area contributed by atoms with E-state index in [0.29, 0.717) is 0 Å². The summed E-state index contributed by atoms with van der Waals surface area (Å²) in [6.07, 6.45) is -5.07. The Balaban J connectivity index is 6.19. The zero-order valence-electron chi connectivity index (χ0n) is 24.4. The molecule has 0 rings (SSSR count). The summed E-state index contributed by atoms with van der Waals surface area (Å²) < 4.78 is 60.2. The van der Waals surface area contributed by atoms with Gasteiger partial charge in [0, 0.05) is 16.7 Å². The van der Waals surface area contributed by atoms with Gasteiger partial charge in [-0.15, -0.1) is 0 Å². The first-order valence-electron chi connectivity index (χ1n) is 12.1. The topological polar surface area (TPSA) is 27.7 Å². The van der Waals surface area contributed by atoms with Gasteiger partial charge in [0.15, 0.2) is 17.4 Å². The molecular formula is C23H53F3O3Si4. The van der Waals surface area contributed by atoms with Crippen LogP contribution in [0, 0.1) is 0 Å². The molecule has 0 spiro atoms. The van der Waals surface area contributed by atoms with Gasteiger partial charge in [-0.2, -0.15) is 13.2 Å². The van der Waals surface area contributed by atoms with Gasteiger partial charge in [0.1, 0.15) is 0 Å². The molecule has 2 unspecified atom stereocenters. The highest BCUT2D eigenvalue weighted by atomic mass is 28.4. The van der Waals surface area contributed by atoms with E-state index in [-0.39, 0.29) is 16.3 Å². The molecule has 0 aliphatic rings. The highest BCUT2D eigenvalue weighted by molar-refractivity contribution is 6.79. The molecule has 0 heterocycles. The largest absolute Gasteiger partial charge is 0.418 e. The maximum Gasteiger partial charge on any atom is 0.388 e. The Morgan fingerprint density at radius 2 is 1.12 bits per heavy atom. The zero-order valence-corrected chi connectivity index (χ0v) is 28.5. The Kier molecular flexibility index (Phi) is 10.3. The molecule has 0 aromatic carbocycles. The van der Waals surface area contributed by atoms with Crippen molar-refractivity contribution in [1.29, 1.82) is 0 Å². The average Bonchev–Trinajstić information content (AvgIpc) is 2.47. The second-order valence-corrected chi connectivity index (χ2v) is 31.4. The van der Waals surface area contributed by atoms with Gasteiger partial charge in [0.05, 0.1) is 18.9 Å². The molecule has 0 aliphatic heterocycles. The van der Waals surface area contributed by atoms with E-state index in [1.807, 2.05) is 34.2 Å². The molecule has 0 N–H and O–H groups in total. The van der Waals surface area contributed by atoms with E-state index in [9.17, 15) is 13.2 Å². The minimum Gasteiger partial charge on any atom is -0.418 e. The lowest BCUT2D eigenvalue weighted by Gasteiger charge is -2.54. The molecule has 0 amide bonds. The molecule has 33 heavy (non-hydrogen) atoms. The van der Waals surface area contributed by atoms with E-state index in [1.165, 1.54) is 0 Å². The van der Waals surface area contributed by atoms with Crippen molar-refractivity contribution in [3.63, 3.8) is 0 Å². The monoisotopic (exact) mass is 546 g/mol. The van der Waals surface area contributed by atoms with Gasteiger partial charge in [-0.3, -0.25) is 0 Å². The van der Waals surface area contributed by atoms with Crippen LogP contribution in [-0.2, 0) is 13.3 Å². The van der Waals surface area contributed by atoms with Crippen molar-refractivity contribution in [3.05, 3.63) is 0 Å². The van der Waals surface area contributed by atoms with Crippen molar-refractivity contribution in [1.82, 2.24) is 0 Å². The van der Waals surface area contributed by atoms with Gasteiger partial charge in [-0.1, -0.05) is 33.5 Å². The Morgan fingerprint density at radius 1 is 0.697 bits per heavy atom. The van der Waals surface area contributed by atoms with Crippen LogP contribution >= 0.6 is 0 Å². The van der Waals surface area contributed by atoms with E-state index in [2.05, 4.69) is 73.5 Å². The molecule has 200 valence electrons. The summed E-state index contributed by atoms with van der Waals surface area (Å²) in [6, 6.07) is -0.0231. The summed E-state index contributed by atoms with van der Waals surface area (Å²) in [7, 11) is -8.43. The van der Waals surface area contributed by atoms with Gasteiger partial charge >= 0.3 is 6.18 Å². The highest BCUT2D eigenvalue weighted by Gasteiger charge is 2.56. The summed E-state index contributed by atoms with van der Waals surface area (Å²) in [5.74, 6) is 0. The Bertz CT molecular complexity index is 651. The number of hydrogen-bond acceptors (Lipinski definition) is 3. The first-order valence-corrected chi connectivity index (χ1v) is 23.9. The Labute approximate surface area is 207 Å². The van der Waals surface area contributed by atoms with Crippen LogP contribution in [0.25, 0.3) is 0 Å². The smallest absolute Gasteiger partial charge is 0.388 e. The van der Waals surface area contributed by atoms with Gasteiger partial charge < -0.3 is 13.3 Å². The molecule has 2 atom stereocenters. The van der Waals surface area contributed by atoms with Crippen LogP contribution in [0.2, 0.25) is 63.5 Å². The van der Waals surface area contributed by atoms with Gasteiger partial charge in [0.2, 0.25) is 8.32 Å². The van der Waals surface area contributed by atoms with Crippen LogP contribution < -0.4 is 0 Å². The number of halogens is 3. The number of hydrogen-bond donors (Lipinski definition) is 0. The fraction of sp³-hybridized carbons (Fsp3) is 1.00. The van der Waals surface area contributed by atoms with Crippen molar-refractivity contribution in [3.8, 4) is 0 Å². The maximum absolute atomic E-state index is 13.3. The fourth-order valence-corrected chi connectivity index (χ4v) is 14.4. The van der Waals surface area contributed by atoms with Crippen LogP contribution in [0.5, 0.6) is 0 Å².